The molecule has 3 heterocycles. The van der Waals surface area contributed by atoms with Gasteiger partial charge in [0.15, 0.2) is 17.5 Å². The predicted molar refractivity (Wildman–Crippen MR) is 603 cm³/mol. The van der Waals surface area contributed by atoms with E-state index in [1.807, 2.05) is 115 Å². The molecule has 0 saturated heterocycles. The number of rotatable bonds is 45. The molecule has 12 heteroatoms. The van der Waals surface area contributed by atoms with Gasteiger partial charge >= 0.3 is 0 Å². The molecular formula is C132H132N6O6. The molecule has 0 radical (unpaired) electrons. The van der Waals surface area contributed by atoms with Crippen LogP contribution < -0.4 is 14.2 Å². The number of phenols is 3. The van der Waals surface area contributed by atoms with Crippen molar-refractivity contribution >= 4 is 97.0 Å². The Kier molecular flexibility index (Phi) is 32.8. The van der Waals surface area contributed by atoms with E-state index in [9.17, 15) is 15.3 Å². The van der Waals surface area contributed by atoms with Gasteiger partial charge in [0.2, 0.25) is 0 Å². The highest BCUT2D eigenvalue weighted by Crippen LogP contribution is 2.47. The minimum Gasteiger partial charge on any atom is -0.507 e. The molecule has 144 heavy (non-hydrogen) atoms. The summed E-state index contributed by atoms with van der Waals surface area (Å²) in [5, 5.41) is 55.7. The minimum atomic E-state index is 0.113. The van der Waals surface area contributed by atoms with Crippen molar-refractivity contribution in [3.8, 4) is 136 Å². The highest BCUT2D eigenvalue weighted by Gasteiger charge is 2.24. The van der Waals surface area contributed by atoms with Crippen molar-refractivity contribution < 1.29 is 29.5 Å². The number of aromatic nitrogens is 6. The second-order valence-electron chi connectivity index (χ2n) is 39.0. The Bertz CT molecular complexity index is 7050. The van der Waals surface area contributed by atoms with Gasteiger partial charge in [0.05, 0.1) is 59.5 Å². The zero-order valence-corrected chi connectivity index (χ0v) is 83.8. The first kappa shape index (κ1) is 97.9. The lowest BCUT2D eigenvalue weighted by Crippen LogP contribution is -1.99. The summed E-state index contributed by atoms with van der Waals surface area (Å²) < 4.78 is 18.1. The maximum absolute atomic E-state index is 11.3. The fourth-order valence-electron chi connectivity index (χ4n) is 21.0. The van der Waals surface area contributed by atoms with Gasteiger partial charge in [0.25, 0.3) is 0 Å². The third-order valence-electron chi connectivity index (χ3n) is 28.7. The van der Waals surface area contributed by atoms with Gasteiger partial charge in [-0.15, -0.1) is 0 Å². The lowest BCUT2D eigenvalue weighted by atomic mass is 9.91. The van der Waals surface area contributed by atoms with Crippen LogP contribution in [-0.2, 0) is 0 Å². The van der Waals surface area contributed by atoms with Crippen LogP contribution in [0.5, 0.6) is 34.5 Å². The Morgan fingerprint density at radius 3 is 0.743 bits per heavy atom. The van der Waals surface area contributed by atoms with Crippen LogP contribution >= 0.6 is 0 Å². The predicted octanol–water partition coefficient (Wildman–Crippen LogP) is 37.1. The Hall–Kier alpha value is -14.9. The third kappa shape index (κ3) is 23.4. The standard InChI is InChI=1S/3C44H44N2O2/c1-2-3-4-5-6-7-8-9-10-14-28-48-35-24-27-38(41(47)29-35)40-30-39(45-44(46-40)34-16-12-11-13-17-34)36-25-22-33-21-20-31-18-15-19-32-23-26-37(36)43(33)42(31)32;1-2-3-4-5-6-7-8-9-10-14-28-48-35-24-27-38(41(47)29-35)44-45-39(31-16-12-11-13-17-31)30-40(46-44)36-25-22-34-21-20-32-18-15-19-33-23-26-37(36)43(34)42(32)33;1-2-3-4-5-6-7-8-9-10-14-28-48-35-24-27-38(41(47)29-35)40-30-39(31-16-12-11-13-17-31)45-44(46-40)37-26-23-34-21-20-32-18-15-19-33-22-25-36(37)43(34)42(32)33/h3*11-13,15-27,29-30,47H,2-10,14,28H2,1H3. The summed E-state index contributed by atoms with van der Waals surface area (Å²) in [5.41, 5.74) is 12.4. The molecule has 0 amide bonds. The van der Waals surface area contributed by atoms with Crippen molar-refractivity contribution in [1.82, 2.24) is 29.9 Å². The van der Waals surface area contributed by atoms with Gasteiger partial charge in [0.1, 0.15) is 34.5 Å². The smallest absolute Gasteiger partial charge is 0.164 e. The summed E-state index contributed by atoms with van der Waals surface area (Å²) in [6.45, 7) is 8.75. The molecule has 3 N–H and O–H groups in total. The molecule has 0 spiro atoms. The van der Waals surface area contributed by atoms with Gasteiger partial charge in [-0.2, -0.15) is 0 Å². The molecule has 0 bridgehead atoms. The summed E-state index contributed by atoms with van der Waals surface area (Å²) in [6, 6.07) is 112. The van der Waals surface area contributed by atoms with Crippen molar-refractivity contribution in [2.45, 2.75) is 213 Å². The van der Waals surface area contributed by atoms with E-state index in [1.54, 1.807) is 18.2 Å². The lowest BCUT2D eigenvalue weighted by Gasteiger charge is -2.15. The summed E-state index contributed by atoms with van der Waals surface area (Å²) in [6.07, 6.45) is 38.7. The van der Waals surface area contributed by atoms with E-state index in [-0.39, 0.29) is 17.2 Å². The molecule has 0 aliphatic carbocycles. The second-order valence-corrected chi connectivity index (χ2v) is 39.0. The highest BCUT2D eigenvalue weighted by atomic mass is 16.5. The van der Waals surface area contributed by atoms with Crippen molar-refractivity contribution in [2.75, 3.05) is 19.8 Å². The van der Waals surface area contributed by atoms with Gasteiger partial charge in [-0.1, -0.05) is 443 Å². The molecular weight excluding hydrogens is 1770 g/mol. The van der Waals surface area contributed by atoms with Crippen LogP contribution in [0, 0.1) is 0 Å². The molecule has 3 aromatic heterocycles. The average Bonchev–Trinajstić information content (AvgIpc) is 0.739. The number of benzene rings is 18. The van der Waals surface area contributed by atoms with Crippen molar-refractivity contribution in [3.05, 3.63) is 328 Å². The summed E-state index contributed by atoms with van der Waals surface area (Å²) >= 11 is 0. The summed E-state index contributed by atoms with van der Waals surface area (Å²) in [7, 11) is 0. The average molecular weight is 1900 g/mol. The van der Waals surface area contributed by atoms with Crippen molar-refractivity contribution in [2.24, 2.45) is 0 Å². The van der Waals surface area contributed by atoms with Gasteiger partial charge in [0, 0.05) is 62.7 Å². The largest absolute Gasteiger partial charge is 0.507 e. The van der Waals surface area contributed by atoms with Crippen molar-refractivity contribution in [1.29, 1.82) is 0 Å². The molecule has 21 aromatic rings. The Labute approximate surface area is 847 Å². The highest BCUT2D eigenvalue weighted by molar-refractivity contribution is 6.28. The minimum absolute atomic E-state index is 0.113. The number of nitrogens with zero attached hydrogens (tertiary/aromatic N) is 6. The van der Waals surface area contributed by atoms with E-state index in [0.29, 0.717) is 82.6 Å². The van der Waals surface area contributed by atoms with Gasteiger partial charge < -0.3 is 29.5 Å². The van der Waals surface area contributed by atoms with E-state index < -0.39 is 0 Å². The fraction of sp³-hybridized carbons (Fsp3) is 0.273. The van der Waals surface area contributed by atoms with Gasteiger partial charge in [-0.05, 0) is 177 Å². The molecule has 0 aliphatic heterocycles. The number of ether oxygens (including phenoxy) is 3. The normalized spacial score (nSPS) is 11.6. The van der Waals surface area contributed by atoms with E-state index in [1.165, 1.54) is 254 Å². The molecule has 12 nitrogen and oxygen atoms in total. The molecule has 21 rings (SSSR count). The monoisotopic (exact) mass is 1900 g/mol. The number of unbranched alkanes of at least 4 members (excludes halogenated alkanes) is 27. The van der Waals surface area contributed by atoms with Crippen LogP contribution in [0.1, 0.15) is 213 Å². The second kappa shape index (κ2) is 48.3. The first-order valence-corrected chi connectivity index (χ1v) is 53.3. The topological polar surface area (TPSA) is 166 Å². The zero-order valence-electron chi connectivity index (χ0n) is 83.8. The number of aromatic hydroxyl groups is 3. The van der Waals surface area contributed by atoms with Crippen LogP contribution in [0.2, 0.25) is 0 Å². The molecule has 0 unspecified atom stereocenters. The van der Waals surface area contributed by atoms with E-state index in [2.05, 4.69) is 215 Å². The number of hydrogen-bond donors (Lipinski definition) is 3. The number of hydrogen-bond acceptors (Lipinski definition) is 12. The fourth-order valence-corrected chi connectivity index (χ4v) is 21.0. The van der Waals surface area contributed by atoms with Crippen LogP contribution in [0.3, 0.4) is 0 Å². The lowest BCUT2D eigenvalue weighted by molar-refractivity contribution is 0.302. The van der Waals surface area contributed by atoms with Crippen LogP contribution in [0.4, 0.5) is 0 Å². The van der Waals surface area contributed by atoms with E-state index in [0.717, 1.165) is 91.6 Å². The molecule has 0 saturated carbocycles. The van der Waals surface area contributed by atoms with E-state index >= 15 is 0 Å². The first-order chi connectivity index (χ1) is 71.1. The van der Waals surface area contributed by atoms with Gasteiger partial charge in [-0.25, -0.2) is 29.9 Å². The third-order valence-corrected chi connectivity index (χ3v) is 28.7. The molecule has 0 fully saturated rings. The maximum atomic E-state index is 11.3. The Balaban J connectivity index is 0.000000137. The SMILES string of the molecule is CCCCCCCCCCCCOc1ccc(-c2cc(-c3ccc4ccc5cccc6ccc3c4c56)nc(-c3ccccc3)n2)c(O)c1.CCCCCCCCCCCCOc1ccc(-c2cc(-c3ccccc3)nc(-c3ccc4ccc5cccc6ccc3c4c56)n2)c(O)c1.CCCCCCCCCCCCOc1ccc(-c2nc(-c3ccccc3)cc(-c3ccc4ccc5cccc6ccc3c4c56)n2)c(O)c1. The van der Waals surface area contributed by atoms with Crippen LogP contribution in [-0.4, -0.2) is 65.0 Å². The molecule has 0 aliphatic rings. The van der Waals surface area contributed by atoms with Crippen LogP contribution in [0.15, 0.2) is 328 Å². The maximum Gasteiger partial charge on any atom is 0.164 e. The molecule has 18 aromatic carbocycles. The molecule has 726 valence electrons. The number of phenolic OH excluding ortho intramolecular Hbond substituents is 3. The zero-order chi connectivity index (χ0) is 98.1. The van der Waals surface area contributed by atoms with E-state index in [4.69, 9.17) is 44.1 Å². The van der Waals surface area contributed by atoms with Crippen molar-refractivity contribution in [3.63, 3.8) is 0 Å². The summed E-state index contributed by atoms with van der Waals surface area (Å²) in [5.74, 6) is 4.16. The van der Waals surface area contributed by atoms with Crippen LogP contribution in [0.25, 0.3) is 199 Å². The van der Waals surface area contributed by atoms with Gasteiger partial charge in [-0.3, -0.25) is 0 Å². The quantitative estimate of drug-likeness (QED) is 0.0245. The first-order valence-electron chi connectivity index (χ1n) is 53.3. The Morgan fingerprint density at radius 2 is 0.417 bits per heavy atom. The molecule has 0 atom stereocenters. The Morgan fingerprint density at radius 1 is 0.181 bits per heavy atom. The summed E-state index contributed by atoms with van der Waals surface area (Å²) in [4.78, 5) is 30.3.